The Hall–Kier alpha value is -0.480. The molecule has 0 saturated carbocycles. The molecule has 1 rings (SSSR count). The maximum Gasteiger partial charge on any atom is 0.295 e. The SMILES string of the molecule is O=Ic1c(F)cc(F)cc1S(=O)(=O)O. The van der Waals surface area contributed by atoms with Gasteiger partial charge in [0.1, 0.15) is 20.1 Å². The summed E-state index contributed by atoms with van der Waals surface area (Å²) in [6, 6.07) is 0.826. The summed E-state index contributed by atoms with van der Waals surface area (Å²) in [6.45, 7) is 0. The second-order valence-electron chi connectivity index (χ2n) is 2.25. The van der Waals surface area contributed by atoms with Gasteiger partial charge >= 0.3 is 0 Å². The van der Waals surface area contributed by atoms with Gasteiger partial charge in [0.05, 0.1) is 0 Å². The van der Waals surface area contributed by atoms with Gasteiger partial charge in [-0.3, -0.25) is 7.62 Å². The lowest BCUT2D eigenvalue weighted by Gasteiger charge is -2.01. The molecule has 0 aliphatic carbocycles. The zero-order valence-corrected chi connectivity index (χ0v) is 9.34. The van der Waals surface area contributed by atoms with E-state index >= 15 is 0 Å². The van der Waals surface area contributed by atoms with Crippen LogP contribution in [0.3, 0.4) is 0 Å². The molecule has 1 aromatic carbocycles. The third-order valence-electron chi connectivity index (χ3n) is 1.31. The van der Waals surface area contributed by atoms with Crippen LogP contribution in [0.5, 0.6) is 0 Å². The number of benzene rings is 1. The van der Waals surface area contributed by atoms with Crippen LogP contribution >= 0.6 is 21.2 Å². The van der Waals surface area contributed by atoms with Crippen LogP contribution < -0.4 is 0 Å². The molecule has 0 aliphatic rings. The fraction of sp³-hybridized carbons (Fsp3) is 0. The molecule has 1 N–H and O–H groups in total. The smallest absolute Gasteiger partial charge is 0.282 e. The monoisotopic (exact) mass is 336 g/mol. The van der Waals surface area contributed by atoms with Crippen molar-refractivity contribution in [2.24, 2.45) is 0 Å². The van der Waals surface area contributed by atoms with Gasteiger partial charge in [-0.25, -0.2) is 8.78 Å². The molecule has 0 radical (unpaired) electrons. The Balaban J connectivity index is 3.65. The predicted octanol–water partition coefficient (Wildman–Crippen LogP) is 1.70. The first-order chi connectivity index (χ1) is 6.36. The van der Waals surface area contributed by atoms with E-state index < -0.39 is 51.4 Å². The van der Waals surface area contributed by atoms with Crippen LogP contribution in [0.2, 0.25) is 0 Å². The molecule has 0 fully saturated rings. The van der Waals surface area contributed by atoms with Crippen molar-refractivity contribution >= 4 is 31.3 Å². The van der Waals surface area contributed by atoms with Gasteiger partial charge in [0.2, 0.25) is 0 Å². The Kier molecular flexibility index (Phi) is 3.27. The Bertz CT molecular complexity index is 485. The van der Waals surface area contributed by atoms with Crippen LogP contribution in [-0.2, 0) is 13.2 Å². The fourth-order valence-corrected chi connectivity index (χ4v) is 3.17. The van der Waals surface area contributed by atoms with Crippen molar-refractivity contribution in [1.29, 1.82) is 0 Å². The third kappa shape index (κ3) is 2.30. The summed E-state index contributed by atoms with van der Waals surface area (Å²) in [4.78, 5) is -0.974. The molecule has 0 unspecified atom stereocenters. The highest BCUT2D eigenvalue weighted by molar-refractivity contribution is 14.1. The summed E-state index contributed by atoms with van der Waals surface area (Å²) in [6.07, 6.45) is 0. The Morgan fingerprint density at radius 3 is 2.29 bits per heavy atom. The molecule has 78 valence electrons. The van der Waals surface area contributed by atoms with Crippen LogP contribution in [0.15, 0.2) is 17.0 Å². The second-order valence-corrected chi connectivity index (χ2v) is 5.16. The van der Waals surface area contributed by atoms with Gasteiger partial charge < -0.3 is 0 Å². The van der Waals surface area contributed by atoms with Crippen LogP contribution in [0.4, 0.5) is 8.78 Å². The van der Waals surface area contributed by atoms with Gasteiger partial charge in [0, 0.05) is 6.07 Å². The van der Waals surface area contributed by atoms with E-state index in [9.17, 15) is 20.3 Å². The number of hydrogen-bond donors (Lipinski definition) is 1. The van der Waals surface area contributed by atoms with Crippen molar-refractivity contribution in [2.75, 3.05) is 0 Å². The van der Waals surface area contributed by atoms with Crippen LogP contribution in [0.25, 0.3) is 0 Å². The third-order valence-corrected chi connectivity index (χ3v) is 4.10. The van der Waals surface area contributed by atoms with Crippen molar-refractivity contribution in [3.05, 3.63) is 27.3 Å². The average molecular weight is 336 g/mol. The minimum atomic E-state index is -4.74. The zero-order valence-electron chi connectivity index (χ0n) is 6.37. The first kappa shape index (κ1) is 11.6. The normalized spacial score (nSPS) is 11.6. The maximum atomic E-state index is 12.9. The Morgan fingerprint density at radius 1 is 1.29 bits per heavy atom. The van der Waals surface area contributed by atoms with Gasteiger partial charge in [-0.1, -0.05) is 0 Å². The van der Waals surface area contributed by atoms with Crippen molar-refractivity contribution < 1.29 is 24.8 Å². The summed E-state index contributed by atoms with van der Waals surface area (Å²) < 4.78 is 65.1. The summed E-state index contributed by atoms with van der Waals surface area (Å²) >= 11 is -2.14. The molecule has 0 heterocycles. The molecule has 0 bridgehead atoms. The highest BCUT2D eigenvalue weighted by Gasteiger charge is 2.21. The van der Waals surface area contributed by atoms with E-state index in [0.717, 1.165) is 0 Å². The van der Waals surface area contributed by atoms with Crippen LogP contribution in [0.1, 0.15) is 0 Å². The van der Waals surface area contributed by atoms with Gasteiger partial charge in [0.25, 0.3) is 10.1 Å². The molecule has 0 aromatic heterocycles. The molecule has 0 spiro atoms. The number of rotatable bonds is 2. The molecule has 14 heavy (non-hydrogen) atoms. The molecule has 8 heteroatoms. The van der Waals surface area contributed by atoms with Crippen molar-refractivity contribution in [1.82, 2.24) is 0 Å². The van der Waals surface area contributed by atoms with Crippen molar-refractivity contribution in [3.8, 4) is 0 Å². The minimum absolute atomic E-state index is 0.404. The van der Waals surface area contributed by atoms with E-state index in [1.54, 1.807) is 0 Å². The van der Waals surface area contributed by atoms with E-state index in [1.807, 2.05) is 0 Å². The molecule has 0 amide bonds. The topological polar surface area (TPSA) is 71.4 Å². The van der Waals surface area contributed by atoms with E-state index in [1.165, 1.54) is 0 Å². The molecule has 0 atom stereocenters. The van der Waals surface area contributed by atoms with E-state index in [-0.39, 0.29) is 0 Å². The molecule has 1 aromatic rings. The zero-order chi connectivity index (χ0) is 10.9. The predicted molar refractivity (Wildman–Crippen MR) is 49.6 cm³/mol. The standard InChI is InChI=1S/C6H3F2IO4S/c7-3-1-4(8)6(9-10)5(2-3)14(11,12)13/h1-2H,(H,11,12,13). The largest absolute Gasteiger partial charge is 0.295 e. The van der Waals surface area contributed by atoms with Gasteiger partial charge in [-0.2, -0.15) is 8.42 Å². The Labute approximate surface area is 88.3 Å². The maximum absolute atomic E-state index is 12.9. The number of hydrogen-bond acceptors (Lipinski definition) is 3. The molecular formula is C6H3F2IO4S. The molecule has 0 aliphatic heterocycles. The second kappa shape index (κ2) is 3.95. The lowest BCUT2D eigenvalue weighted by Crippen LogP contribution is -2.04. The lowest BCUT2D eigenvalue weighted by atomic mass is 10.3. The highest BCUT2D eigenvalue weighted by atomic mass is 127. The summed E-state index contributed by atoms with van der Waals surface area (Å²) in [5, 5.41) is 0. The van der Waals surface area contributed by atoms with Gasteiger partial charge in [-0.15, -0.1) is 0 Å². The highest BCUT2D eigenvalue weighted by Crippen LogP contribution is 2.24. The minimum Gasteiger partial charge on any atom is -0.282 e. The summed E-state index contributed by atoms with van der Waals surface area (Å²) in [7, 11) is -4.74. The van der Waals surface area contributed by atoms with Crippen LogP contribution in [0, 0.1) is 15.2 Å². The summed E-state index contributed by atoms with van der Waals surface area (Å²) in [5.41, 5.74) is 0. The first-order valence-electron chi connectivity index (χ1n) is 3.10. The Morgan fingerprint density at radius 2 is 1.86 bits per heavy atom. The van der Waals surface area contributed by atoms with E-state index in [2.05, 4.69) is 0 Å². The average Bonchev–Trinajstić information content (AvgIpc) is 2.01. The fourth-order valence-electron chi connectivity index (χ4n) is 0.795. The van der Waals surface area contributed by atoms with Crippen molar-refractivity contribution in [3.63, 3.8) is 0 Å². The lowest BCUT2D eigenvalue weighted by molar-refractivity contribution is 0.478. The molecular weight excluding hydrogens is 333 g/mol. The van der Waals surface area contributed by atoms with Gasteiger partial charge in [0.15, 0.2) is 21.2 Å². The summed E-state index contributed by atoms with van der Waals surface area (Å²) in [5.74, 6) is -2.39. The van der Waals surface area contributed by atoms with Crippen molar-refractivity contribution in [2.45, 2.75) is 4.90 Å². The quantitative estimate of drug-likeness (QED) is 0.507. The number of halogens is 3. The van der Waals surface area contributed by atoms with E-state index in [4.69, 9.17) is 4.55 Å². The van der Waals surface area contributed by atoms with Crippen LogP contribution in [-0.4, -0.2) is 13.0 Å². The molecule has 0 saturated heterocycles. The first-order valence-corrected chi connectivity index (χ1v) is 6.50. The molecule has 4 nitrogen and oxygen atoms in total. The van der Waals surface area contributed by atoms with E-state index in [0.29, 0.717) is 12.1 Å². The van der Waals surface area contributed by atoms with Gasteiger partial charge in [-0.05, 0) is 6.07 Å².